The lowest BCUT2D eigenvalue weighted by Gasteiger charge is -2.36. The smallest absolute Gasteiger partial charge is 0.347 e. The molecule has 0 aromatic carbocycles. The highest BCUT2D eigenvalue weighted by atomic mass is 32.1. The number of piperazine rings is 1. The monoisotopic (exact) mass is 255 g/mol. The van der Waals surface area contributed by atoms with E-state index in [2.05, 4.69) is 28.6 Å². The van der Waals surface area contributed by atoms with E-state index in [1.165, 1.54) is 17.5 Å². The summed E-state index contributed by atoms with van der Waals surface area (Å²) in [6, 6.07) is 0.572. The van der Waals surface area contributed by atoms with Gasteiger partial charge in [-0.3, -0.25) is 4.90 Å². The van der Waals surface area contributed by atoms with E-state index in [1.54, 1.807) is 0 Å². The van der Waals surface area contributed by atoms with Crippen LogP contribution in [0.5, 0.6) is 0 Å². The maximum atomic E-state index is 10.8. The molecule has 1 aromatic rings. The number of nitrogens with zero attached hydrogens (tertiary/aromatic N) is 3. The van der Waals surface area contributed by atoms with Crippen LogP contribution in [0.15, 0.2) is 6.20 Å². The number of carbonyl (C=O) groups is 1. The number of aromatic carboxylic acids is 1. The highest BCUT2D eigenvalue weighted by Gasteiger charge is 2.21. The van der Waals surface area contributed by atoms with Crippen LogP contribution < -0.4 is 4.90 Å². The standard InChI is InChI=1S/C11H17N3O2S/c1-8(2)13-3-5-14(6-4-13)11-12-7-9(17-11)10(15)16/h7-8H,3-6H2,1-2H3,(H,15,16). The van der Waals surface area contributed by atoms with E-state index in [-0.39, 0.29) is 0 Å². The van der Waals surface area contributed by atoms with Crippen molar-refractivity contribution in [2.45, 2.75) is 19.9 Å². The molecule has 2 heterocycles. The van der Waals surface area contributed by atoms with Crippen LogP contribution >= 0.6 is 11.3 Å². The molecule has 2 rings (SSSR count). The van der Waals surface area contributed by atoms with Crippen LogP contribution in [0.25, 0.3) is 0 Å². The fraction of sp³-hybridized carbons (Fsp3) is 0.636. The first-order valence-electron chi connectivity index (χ1n) is 5.76. The van der Waals surface area contributed by atoms with Crippen LogP contribution in [0.2, 0.25) is 0 Å². The minimum Gasteiger partial charge on any atom is -0.477 e. The van der Waals surface area contributed by atoms with E-state index < -0.39 is 5.97 Å². The molecule has 1 aromatic heterocycles. The van der Waals surface area contributed by atoms with E-state index in [0.717, 1.165) is 31.3 Å². The summed E-state index contributed by atoms with van der Waals surface area (Å²) < 4.78 is 0. The number of thiazole rings is 1. The minimum atomic E-state index is -0.894. The second-order valence-electron chi connectivity index (χ2n) is 4.43. The first kappa shape index (κ1) is 12.3. The van der Waals surface area contributed by atoms with Gasteiger partial charge in [-0.1, -0.05) is 11.3 Å². The van der Waals surface area contributed by atoms with Crippen molar-refractivity contribution in [2.75, 3.05) is 31.1 Å². The van der Waals surface area contributed by atoms with Crippen molar-refractivity contribution >= 4 is 22.4 Å². The molecule has 0 unspecified atom stereocenters. The summed E-state index contributed by atoms with van der Waals surface area (Å²) in [5.74, 6) is -0.894. The summed E-state index contributed by atoms with van der Waals surface area (Å²) in [6.07, 6.45) is 1.44. The molecule has 6 heteroatoms. The number of aromatic nitrogens is 1. The molecule has 94 valence electrons. The van der Waals surface area contributed by atoms with Crippen molar-refractivity contribution in [1.29, 1.82) is 0 Å². The molecule has 0 aliphatic carbocycles. The summed E-state index contributed by atoms with van der Waals surface area (Å²) >= 11 is 1.25. The van der Waals surface area contributed by atoms with Gasteiger partial charge in [0.05, 0.1) is 6.20 Å². The van der Waals surface area contributed by atoms with E-state index >= 15 is 0 Å². The lowest BCUT2D eigenvalue weighted by molar-refractivity contribution is 0.0702. The Labute approximate surface area is 105 Å². The van der Waals surface area contributed by atoms with E-state index in [4.69, 9.17) is 5.11 Å². The van der Waals surface area contributed by atoms with Crippen LogP contribution in [0.1, 0.15) is 23.5 Å². The van der Waals surface area contributed by atoms with E-state index in [1.807, 2.05) is 0 Å². The summed E-state index contributed by atoms with van der Waals surface area (Å²) in [5.41, 5.74) is 0. The van der Waals surface area contributed by atoms with Crippen molar-refractivity contribution < 1.29 is 9.90 Å². The first-order chi connectivity index (χ1) is 8.08. The Bertz CT molecular complexity index is 397. The Morgan fingerprint density at radius 1 is 1.41 bits per heavy atom. The molecule has 5 nitrogen and oxygen atoms in total. The van der Waals surface area contributed by atoms with Crippen LogP contribution in [0.4, 0.5) is 5.13 Å². The molecule has 0 atom stereocenters. The average molecular weight is 255 g/mol. The minimum absolute atomic E-state index is 0.311. The number of carboxylic acid groups (broad SMARTS) is 1. The molecule has 0 amide bonds. The first-order valence-corrected chi connectivity index (χ1v) is 6.57. The van der Waals surface area contributed by atoms with Crippen molar-refractivity contribution in [3.05, 3.63) is 11.1 Å². The van der Waals surface area contributed by atoms with Gasteiger partial charge in [0.15, 0.2) is 5.13 Å². The van der Waals surface area contributed by atoms with Crippen LogP contribution in [0.3, 0.4) is 0 Å². The van der Waals surface area contributed by atoms with Crippen LogP contribution in [0, 0.1) is 0 Å². The molecule has 0 bridgehead atoms. The van der Waals surface area contributed by atoms with Crippen molar-refractivity contribution in [1.82, 2.24) is 9.88 Å². The van der Waals surface area contributed by atoms with Gasteiger partial charge in [0, 0.05) is 32.2 Å². The Hall–Kier alpha value is -1.14. The molecule has 0 saturated carbocycles. The Balaban J connectivity index is 1.98. The second-order valence-corrected chi connectivity index (χ2v) is 5.44. The Morgan fingerprint density at radius 2 is 2.06 bits per heavy atom. The van der Waals surface area contributed by atoms with E-state index in [9.17, 15) is 4.79 Å². The maximum Gasteiger partial charge on any atom is 0.347 e. The molecule has 1 fully saturated rings. The van der Waals surface area contributed by atoms with Crippen molar-refractivity contribution in [3.63, 3.8) is 0 Å². The van der Waals surface area contributed by atoms with Gasteiger partial charge in [-0.2, -0.15) is 0 Å². The SMILES string of the molecule is CC(C)N1CCN(c2ncc(C(=O)O)s2)CC1. The lowest BCUT2D eigenvalue weighted by atomic mass is 10.2. The third kappa shape index (κ3) is 2.76. The van der Waals surface area contributed by atoms with Gasteiger partial charge >= 0.3 is 5.97 Å². The highest BCUT2D eigenvalue weighted by Crippen LogP contribution is 2.23. The summed E-state index contributed by atoms with van der Waals surface area (Å²) in [7, 11) is 0. The number of anilines is 1. The zero-order valence-electron chi connectivity index (χ0n) is 10.1. The largest absolute Gasteiger partial charge is 0.477 e. The van der Waals surface area contributed by atoms with Gasteiger partial charge in [-0.15, -0.1) is 0 Å². The average Bonchev–Trinajstić information content (AvgIpc) is 2.78. The van der Waals surface area contributed by atoms with Crippen LogP contribution in [-0.4, -0.2) is 53.2 Å². The lowest BCUT2D eigenvalue weighted by Crippen LogP contribution is -2.48. The van der Waals surface area contributed by atoms with E-state index in [0.29, 0.717) is 10.9 Å². The topological polar surface area (TPSA) is 56.7 Å². The normalized spacial score (nSPS) is 17.7. The Morgan fingerprint density at radius 3 is 2.53 bits per heavy atom. The van der Waals surface area contributed by atoms with Gasteiger partial charge in [0.1, 0.15) is 4.88 Å². The number of hydrogen-bond donors (Lipinski definition) is 1. The fourth-order valence-electron chi connectivity index (χ4n) is 1.94. The molecular formula is C11H17N3O2S. The van der Waals surface area contributed by atoms with Crippen molar-refractivity contribution in [2.24, 2.45) is 0 Å². The predicted octanol–water partition coefficient (Wildman–Crippen LogP) is 1.37. The number of hydrogen-bond acceptors (Lipinski definition) is 5. The maximum absolute atomic E-state index is 10.8. The van der Waals surface area contributed by atoms with Gasteiger partial charge < -0.3 is 10.0 Å². The van der Waals surface area contributed by atoms with Gasteiger partial charge in [0.25, 0.3) is 0 Å². The Kier molecular flexibility index (Phi) is 3.63. The molecule has 1 saturated heterocycles. The summed E-state index contributed by atoms with van der Waals surface area (Å²) in [6.45, 7) is 8.26. The predicted molar refractivity (Wildman–Crippen MR) is 68.0 cm³/mol. The fourth-order valence-corrected chi connectivity index (χ4v) is 2.75. The van der Waals surface area contributed by atoms with Gasteiger partial charge in [0.2, 0.25) is 0 Å². The van der Waals surface area contributed by atoms with Gasteiger partial charge in [-0.25, -0.2) is 9.78 Å². The number of rotatable bonds is 3. The molecule has 1 N–H and O–H groups in total. The van der Waals surface area contributed by atoms with Gasteiger partial charge in [-0.05, 0) is 13.8 Å². The molecule has 0 spiro atoms. The number of carboxylic acids is 1. The van der Waals surface area contributed by atoms with Crippen molar-refractivity contribution in [3.8, 4) is 0 Å². The molecule has 1 aliphatic rings. The molecule has 17 heavy (non-hydrogen) atoms. The zero-order valence-corrected chi connectivity index (χ0v) is 10.9. The molecular weight excluding hydrogens is 238 g/mol. The molecule has 0 radical (unpaired) electrons. The highest BCUT2D eigenvalue weighted by molar-refractivity contribution is 7.17. The third-order valence-corrected chi connectivity index (χ3v) is 4.07. The quantitative estimate of drug-likeness (QED) is 0.884. The zero-order chi connectivity index (χ0) is 12.4. The summed E-state index contributed by atoms with van der Waals surface area (Å²) in [4.78, 5) is 19.9. The van der Waals surface area contributed by atoms with Crippen LogP contribution in [-0.2, 0) is 0 Å². The molecule has 1 aliphatic heterocycles. The second kappa shape index (κ2) is 5.01. The third-order valence-electron chi connectivity index (χ3n) is 3.02. The summed E-state index contributed by atoms with van der Waals surface area (Å²) in [5, 5.41) is 9.68.